The number of benzene rings is 1. The lowest BCUT2D eigenvalue weighted by Crippen LogP contribution is -2.23. The molecule has 4 rings (SSSR count). The van der Waals surface area contributed by atoms with Gasteiger partial charge in [0.25, 0.3) is 5.91 Å². The van der Waals surface area contributed by atoms with Crippen LogP contribution in [0.15, 0.2) is 59.9 Å². The van der Waals surface area contributed by atoms with E-state index >= 15 is 0 Å². The van der Waals surface area contributed by atoms with E-state index in [-0.39, 0.29) is 16.3 Å². The molecule has 13 heteroatoms. The summed E-state index contributed by atoms with van der Waals surface area (Å²) >= 11 is 4.75. The van der Waals surface area contributed by atoms with Crippen LogP contribution in [-0.4, -0.2) is 60.4 Å². The predicted molar refractivity (Wildman–Crippen MR) is 129 cm³/mol. The van der Waals surface area contributed by atoms with Gasteiger partial charge in [-0.3, -0.25) is 4.79 Å². The summed E-state index contributed by atoms with van der Waals surface area (Å²) in [6, 6.07) is 9.73. The number of ether oxygens (including phenoxy) is 1. The van der Waals surface area contributed by atoms with Gasteiger partial charge in [0.2, 0.25) is 0 Å². The number of aromatic nitrogens is 2. The van der Waals surface area contributed by atoms with Crippen LogP contribution in [0.5, 0.6) is 5.75 Å². The normalized spacial score (nSPS) is 16.1. The number of amides is 1. The molecular weight excluding hydrogens is 518 g/mol. The van der Waals surface area contributed by atoms with E-state index in [1.807, 2.05) is 4.90 Å². The fourth-order valence-corrected chi connectivity index (χ4v) is 4.33. The van der Waals surface area contributed by atoms with Gasteiger partial charge in [0.1, 0.15) is 11.6 Å². The van der Waals surface area contributed by atoms with Gasteiger partial charge >= 0.3 is 5.57 Å². The fraction of sp³-hybridized carbons (Fsp3) is 0.261. The van der Waals surface area contributed by atoms with Crippen molar-refractivity contribution < 1.29 is 31.8 Å². The van der Waals surface area contributed by atoms with E-state index in [4.69, 9.17) is 11.6 Å². The Balaban J connectivity index is 1.63. The van der Waals surface area contributed by atoms with Crippen molar-refractivity contribution in [1.29, 1.82) is 0 Å². The van der Waals surface area contributed by atoms with Gasteiger partial charge in [-0.05, 0) is 48.9 Å². The van der Waals surface area contributed by atoms with Crippen molar-refractivity contribution in [2.45, 2.75) is 23.1 Å². The monoisotopic (exact) mass is 538 g/mol. The molecule has 0 radical (unpaired) electrons. The largest absolute Gasteiger partial charge is 0.487 e. The first-order valence-electron chi connectivity index (χ1n) is 10.7. The number of carbonyl (C=O) groups is 1. The number of β-amino-alcohol motifs (C(OH)–C–C–N with tert-alkyl or cyclic N) is 1. The summed E-state index contributed by atoms with van der Waals surface area (Å²) in [7, 11) is -3.50. The Morgan fingerprint density at radius 2 is 1.92 bits per heavy atom. The van der Waals surface area contributed by atoms with Crippen LogP contribution in [0.25, 0.3) is 11.1 Å². The summed E-state index contributed by atoms with van der Waals surface area (Å²) in [4.78, 5) is 23.3. The van der Waals surface area contributed by atoms with E-state index in [2.05, 4.69) is 20.0 Å². The molecule has 36 heavy (non-hydrogen) atoms. The molecule has 1 saturated heterocycles. The predicted octanol–water partition coefficient (Wildman–Crippen LogP) is 3.54. The SMILES string of the molecule is CS(=O)(=O)c1ccc(-c2cc(C(=O)Nc3ccc(OC(F)(F)Cl)cc3)cnc2N2CC[C@@H](O)C2)cn1. The summed E-state index contributed by atoms with van der Waals surface area (Å²) in [5.74, 6) is -0.187. The molecule has 0 spiro atoms. The number of rotatable bonds is 7. The second-order valence-corrected chi connectivity index (χ2v) is 10.6. The average molecular weight is 539 g/mol. The molecule has 3 aromatic rings. The zero-order valence-corrected chi connectivity index (χ0v) is 20.4. The molecule has 1 aromatic carbocycles. The van der Waals surface area contributed by atoms with Crippen molar-refractivity contribution in [3.63, 3.8) is 0 Å². The Kier molecular flexibility index (Phi) is 7.12. The number of nitrogens with one attached hydrogen (secondary N) is 1. The number of aliphatic hydroxyl groups excluding tert-OH is 1. The van der Waals surface area contributed by atoms with Crippen LogP contribution in [0.1, 0.15) is 16.8 Å². The van der Waals surface area contributed by atoms with Gasteiger partial charge in [-0.1, -0.05) is 0 Å². The number of sulfone groups is 1. The Morgan fingerprint density at radius 1 is 1.19 bits per heavy atom. The third kappa shape index (κ3) is 6.25. The Morgan fingerprint density at radius 3 is 2.47 bits per heavy atom. The first-order chi connectivity index (χ1) is 16.9. The third-order valence-electron chi connectivity index (χ3n) is 5.36. The molecule has 2 aromatic heterocycles. The maximum atomic E-state index is 12.9. The van der Waals surface area contributed by atoms with Gasteiger partial charge < -0.3 is 20.1 Å². The average Bonchev–Trinajstić information content (AvgIpc) is 3.24. The molecule has 1 atom stereocenters. The van der Waals surface area contributed by atoms with Crippen molar-refractivity contribution >= 4 is 38.9 Å². The van der Waals surface area contributed by atoms with Crippen LogP contribution >= 0.6 is 11.6 Å². The highest BCUT2D eigenvalue weighted by molar-refractivity contribution is 7.90. The van der Waals surface area contributed by atoms with E-state index in [0.717, 1.165) is 6.26 Å². The lowest BCUT2D eigenvalue weighted by atomic mass is 10.1. The number of halogens is 3. The lowest BCUT2D eigenvalue weighted by molar-refractivity contribution is -0.0964. The zero-order chi connectivity index (χ0) is 26.1. The van der Waals surface area contributed by atoms with Crippen LogP contribution in [0, 0.1) is 0 Å². The van der Waals surface area contributed by atoms with Gasteiger partial charge in [0.05, 0.1) is 11.7 Å². The molecule has 0 unspecified atom stereocenters. The quantitative estimate of drug-likeness (QED) is 0.438. The summed E-state index contributed by atoms with van der Waals surface area (Å²) in [5, 5.41) is 12.5. The smallest absolute Gasteiger partial charge is 0.420 e. The molecular formula is C23H21ClF2N4O5S. The Labute approximate surface area is 210 Å². The minimum atomic E-state index is -3.85. The number of pyridine rings is 2. The van der Waals surface area contributed by atoms with E-state index in [1.165, 1.54) is 42.7 Å². The van der Waals surface area contributed by atoms with Crippen LogP contribution < -0.4 is 15.0 Å². The minimum Gasteiger partial charge on any atom is -0.420 e. The number of aliphatic hydroxyl groups is 1. The molecule has 1 fully saturated rings. The van der Waals surface area contributed by atoms with Gasteiger partial charge in [-0.2, -0.15) is 0 Å². The van der Waals surface area contributed by atoms with E-state index in [9.17, 15) is 27.1 Å². The number of alkyl halides is 3. The molecule has 0 bridgehead atoms. The van der Waals surface area contributed by atoms with Crippen LogP contribution in [0.4, 0.5) is 20.3 Å². The Bertz CT molecular complexity index is 1370. The molecule has 2 N–H and O–H groups in total. The fourth-order valence-electron chi connectivity index (χ4n) is 3.68. The number of nitrogens with zero attached hydrogens (tertiary/aromatic N) is 3. The van der Waals surface area contributed by atoms with Crippen LogP contribution in [0.2, 0.25) is 0 Å². The zero-order valence-electron chi connectivity index (χ0n) is 18.9. The van der Waals surface area contributed by atoms with Crippen molar-refractivity contribution in [3.8, 4) is 16.9 Å². The second-order valence-electron chi connectivity index (χ2n) is 8.17. The van der Waals surface area contributed by atoms with Gasteiger partial charge in [-0.15, -0.1) is 8.78 Å². The highest BCUT2D eigenvalue weighted by Gasteiger charge is 2.28. The van der Waals surface area contributed by atoms with E-state index in [0.29, 0.717) is 42.1 Å². The first kappa shape index (κ1) is 25.7. The topological polar surface area (TPSA) is 122 Å². The molecule has 1 amide bonds. The summed E-state index contributed by atoms with van der Waals surface area (Å²) in [6.07, 6.45) is 3.86. The van der Waals surface area contributed by atoms with Crippen molar-refractivity contribution in [3.05, 3.63) is 60.4 Å². The van der Waals surface area contributed by atoms with Crippen molar-refractivity contribution in [2.24, 2.45) is 0 Å². The molecule has 3 heterocycles. The molecule has 1 aliphatic heterocycles. The maximum absolute atomic E-state index is 12.9. The molecule has 1 aliphatic rings. The van der Waals surface area contributed by atoms with Crippen LogP contribution in [0.3, 0.4) is 0 Å². The van der Waals surface area contributed by atoms with Crippen molar-refractivity contribution in [2.75, 3.05) is 29.6 Å². The highest BCUT2D eigenvalue weighted by Crippen LogP contribution is 2.32. The van der Waals surface area contributed by atoms with Gasteiger partial charge in [-0.25, -0.2) is 18.4 Å². The van der Waals surface area contributed by atoms with Crippen LogP contribution in [-0.2, 0) is 9.84 Å². The summed E-state index contributed by atoms with van der Waals surface area (Å²) in [5.41, 5.74) is -2.29. The lowest BCUT2D eigenvalue weighted by Gasteiger charge is -2.21. The van der Waals surface area contributed by atoms with E-state index in [1.54, 1.807) is 12.1 Å². The molecule has 9 nitrogen and oxygen atoms in total. The second kappa shape index (κ2) is 9.96. The maximum Gasteiger partial charge on any atom is 0.487 e. The summed E-state index contributed by atoms with van der Waals surface area (Å²) in [6.45, 7) is 0.910. The summed E-state index contributed by atoms with van der Waals surface area (Å²) < 4.78 is 53.4. The third-order valence-corrected chi connectivity index (χ3v) is 6.44. The van der Waals surface area contributed by atoms with Crippen molar-refractivity contribution in [1.82, 2.24) is 9.97 Å². The molecule has 0 aliphatic carbocycles. The number of anilines is 2. The molecule has 190 valence electrons. The molecule has 0 saturated carbocycles. The highest BCUT2D eigenvalue weighted by atomic mass is 35.5. The number of carbonyl (C=O) groups excluding carboxylic acids is 1. The first-order valence-corrected chi connectivity index (χ1v) is 12.9. The number of hydrogen-bond donors (Lipinski definition) is 2. The standard InChI is InChI=1S/C23H21ClF2N4O5S/c1-36(33,34)20-7-2-14(11-27-20)19-10-15(12-28-21(19)30-9-8-17(31)13-30)22(32)29-16-3-5-18(6-4-16)35-23(24,25)26/h2-7,10-12,17,31H,8-9,13H2,1H3,(H,29,32)/t17-/m1/s1. The van der Waals surface area contributed by atoms with Gasteiger partial charge in [0.15, 0.2) is 14.9 Å². The van der Waals surface area contributed by atoms with E-state index < -0.39 is 27.4 Å². The van der Waals surface area contributed by atoms with Gasteiger partial charge in [0, 0.05) is 60.2 Å². The number of hydrogen-bond acceptors (Lipinski definition) is 8. The minimum absolute atomic E-state index is 0.0920. The Hall–Kier alpha value is -3.35.